The second-order valence-electron chi connectivity index (χ2n) is 6.48. The van der Waals surface area contributed by atoms with Crippen LogP contribution in [0.3, 0.4) is 0 Å². The lowest BCUT2D eigenvalue weighted by Crippen LogP contribution is -2.11. The van der Waals surface area contributed by atoms with Gasteiger partial charge < -0.3 is 4.57 Å². The summed E-state index contributed by atoms with van der Waals surface area (Å²) in [6, 6.07) is 5.55. The third-order valence-electron chi connectivity index (χ3n) is 5.24. The zero-order chi connectivity index (χ0) is 14.2. The Balaban J connectivity index is 1.60. The Morgan fingerprint density at radius 1 is 1.14 bits per heavy atom. The minimum absolute atomic E-state index is 0.0650. The van der Waals surface area contributed by atoms with Crippen LogP contribution in [0.5, 0.6) is 0 Å². The highest BCUT2D eigenvalue weighted by atomic mass is 19.1. The van der Waals surface area contributed by atoms with Crippen LogP contribution in [0.25, 0.3) is 11.3 Å². The van der Waals surface area contributed by atoms with Crippen molar-refractivity contribution in [1.29, 1.82) is 0 Å². The number of rotatable bonds is 3. The van der Waals surface area contributed by atoms with E-state index >= 15 is 0 Å². The minimum Gasteiger partial charge on any atom is -0.323 e. The normalized spacial score (nSPS) is 21.3. The average molecular weight is 284 g/mol. The molecule has 2 nitrogen and oxygen atoms in total. The first-order valence-corrected chi connectivity index (χ1v) is 8.15. The highest BCUT2D eigenvalue weighted by molar-refractivity contribution is 5.69. The molecular formula is C18H21FN2. The third-order valence-corrected chi connectivity index (χ3v) is 5.24. The molecular weight excluding hydrogens is 263 g/mol. The highest BCUT2D eigenvalue weighted by Gasteiger charge is 2.31. The van der Waals surface area contributed by atoms with Crippen LogP contribution >= 0.6 is 0 Å². The van der Waals surface area contributed by atoms with Crippen molar-refractivity contribution in [3.63, 3.8) is 0 Å². The fourth-order valence-electron chi connectivity index (χ4n) is 4.15. The summed E-state index contributed by atoms with van der Waals surface area (Å²) in [5.74, 6) is 0.770. The van der Waals surface area contributed by atoms with Gasteiger partial charge in [-0.05, 0) is 24.8 Å². The van der Waals surface area contributed by atoms with E-state index in [1.807, 2.05) is 18.6 Å². The monoisotopic (exact) mass is 284 g/mol. The fraction of sp³-hybridized carbons (Fsp3) is 0.500. The number of hydrogen-bond acceptors (Lipinski definition) is 1. The Bertz CT molecular complexity index is 640. The Labute approximate surface area is 125 Å². The van der Waals surface area contributed by atoms with Gasteiger partial charge in [0.1, 0.15) is 5.82 Å². The first-order valence-electron chi connectivity index (χ1n) is 8.15. The van der Waals surface area contributed by atoms with Crippen molar-refractivity contribution in [3.8, 4) is 11.3 Å². The van der Waals surface area contributed by atoms with Crippen LogP contribution in [-0.2, 0) is 0 Å². The lowest BCUT2D eigenvalue weighted by molar-refractivity contribution is 0.317. The maximum absolute atomic E-state index is 14.3. The molecule has 21 heavy (non-hydrogen) atoms. The topological polar surface area (TPSA) is 17.8 Å². The molecule has 1 fully saturated rings. The van der Waals surface area contributed by atoms with Gasteiger partial charge in [0.05, 0.1) is 24.3 Å². The van der Waals surface area contributed by atoms with Gasteiger partial charge in [-0.15, -0.1) is 0 Å². The first-order chi connectivity index (χ1) is 10.3. The van der Waals surface area contributed by atoms with Crippen molar-refractivity contribution in [3.05, 3.63) is 42.1 Å². The van der Waals surface area contributed by atoms with Gasteiger partial charge in [0.25, 0.3) is 0 Å². The molecule has 2 aromatic rings. The van der Waals surface area contributed by atoms with Crippen molar-refractivity contribution in [1.82, 2.24) is 9.55 Å². The summed E-state index contributed by atoms with van der Waals surface area (Å²) in [6.45, 7) is 0. The van der Waals surface area contributed by atoms with E-state index in [1.165, 1.54) is 38.5 Å². The molecule has 1 saturated carbocycles. The molecule has 1 aliphatic carbocycles. The number of fused-ring (bicyclic) bond motifs is 3. The second kappa shape index (κ2) is 5.28. The summed E-state index contributed by atoms with van der Waals surface area (Å²) in [6.07, 6.45) is 12.8. The molecule has 0 amide bonds. The first kappa shape index (κ1) is 13.1. The average Bonchev–Trinajstić information content (AvgIpc) is 3.08. The smallest absolute Gasteiger partial charge is 0.129 e. The predicted octanol–water partition coefficient (Wildman–Crippen LogP) is 4.95. The largest absolute Gasteiger partial charge is 0.323 e. The molecule has 1 aliphatic heterocycles. The Morgan fingerprint density at radius 2 is 2.00 bits per heavy atom. The van der Waals surface area contributed by atoms with Gasteiger partial charge in [-0.2, -0.15) is 0 Å². The maximum Gasteiger partial charge on any atom is 0.129 e. The summed E-state index contributed by atoms with van der Waals surface area (Å²) >= 11 is 0. The van der Waals surface area contributed by atoms with Gasteiger partial charge in [-0.3, -0.25) is 0 Å². The summed E-state index contributed by atoms with van der Waals surface area (Å²) in [5.41, 5.74) is 2.98. The van der Waals surface area contributed by atoms with Crippen LogP contribution in [0.2, 0.25) is 0 Å². The van der Waals surface area contributed by atoms with Gasteiger partial charge in [0.15, 0.2) is 0 Å². The van der Waals surface area contributed by atoms with Crippen LogP contribution in [0.4, 0.5) is 4.39 Å². The van der Waals surface area contributed by atoms with E-state index in [1.54, 1.807) is 12.1 Å². The fourth-order valence-corrected chi connectivity index (χ4v) is 4.15. The van der Waals surface area contributed by atoms with Crippen LogP contribution in [-0.4, -0.2) is 9.55 Å². The molecule has 1 aromatic carbocycles. The zero-order valence-electron chi connectivity index (χ0n) is 12.3. The summed E-state index contributed by atoms with van der Waals surface area (Å²) in [5, 5.41) is 0. The number of halogens is 1. The van der Waals surface area contributed by atoms with Crippen LogP contribution in [0.1, 0.15) is 56.6 Å². The molecule has 1 aromatic heterocycles. The van der Waals surface area contributed by atoms with Crippen molar-refractivity contribution >= 4 is 0 Å². The third kappa shape index (κ3) is 2.19. The Hall–Kier alpha value is -1.64. The molecule has 0 radical (unpaired) electrons. The Morgan fingerprint density at radius 3 is 2.86 bits per heavy atom. The van der Waals surface area contributed by atoms with E-state index in [-0.39, 0.29) is 11.9 Å². The Kier molecular flexibility index (Phi) is 3.28. The molecule has 0 saturated heterocycles. The van der Waals surface area contributed by atoms with Gasteiger partial charge >= 0.3 is 0 Å². The van der Waals surface area contributed by atoms with Crippen molar-refractivity contribution in [2.24, 2.45) is 5.92 Å². The summed E-state index contributed by atoms with van der Waals surface area (Å²) in [4.78, 5) is 4.26. The van der Waals surface area contributed by atoms with E-state index in [2.05, 4.69) is 9.55 Å². The molecule has 0 N–H and O–H groups in total. The molecule has 1 atom stereocenters. The molecule has 2 aliphatic rings. The lowest BCUT2D eigenvalue weighted by atomic mass is 9.84. The highest BCUT2D eigenvalue weighted by Crippen LogP contribution is 2.43. The van der Waals surface area contributed by atoms with Crippen LogP contribution in [0.15, 0.2) is 30.7 Å². The number of hydrogen-bond donors (Lipinski definition) is 0. The van der Waals surface area contributed by atoms with Crippen molar-refractivity contribution < 1.29 is 4.39 Å². The van der Waals surface area contributed by atoms with Gasteiger partial charge in [-0.25, -0.2) is 9.37 Å². The lowest BCUT2D eigenvalue weighted by Gasteiger charge is -2.24. The van der Waals surface area contributed by atoms with Gasteiger partial charge in [0.2, 0.25) is 0 Å². The van der Waals surface area contributed by atoms with E-state index in [0.717, 1.165) is 29.2 Å². The molecule has 0 bridgehead atoms. The van der Waals surface area contributed by atoms with Crippen molar-refractivity contribution in [2.45, 2.75) is 51.0 Å². The number of benzene rings is 1. The molecule has 110 valence electrons. The SMILES string of the molecule is Fc1cccc2c1C(CCC1CCCCC1)n1cncc1-2. The van der Waals surface area contributed by atoms with Gasteiger partial charge in [-0.1, -0.05) is 44.2 Å². The summed E-state index contributed by atoms with van der Waals surface area (Å²) < 4.78 is 16.5. The summed E-state index contributed by atoms with van der Waals surface area (Å²) in [7, 11) is 0. The van der Waals surface area contributed by atoms with E-state index in [9.17, 15) is 4.39 Å². The minimum atomic E-state index is -0.0650. The molecule has 1 unspecified atom stereocenters. The zero-order valence-corrected chi connectivity index (χ0v) is 12.3. The molecule has 3 heteroatoms. The maximum atomic E-state index is 14.3. The van der Waals surface area contributed by atoms with E-state index in [0.29, 0.717) is 0 Å². The van der Waals surface area contributed by atoms with Crippen LogP contribution < -0.4 is 0 Å². The van der Waals surface area contributed by atoms with Gasteiger partial charge in [0, 0.05) is 11.1 Å². The molecule has 4 rings (SSSR count). The number of aromatic nitrogens is 2. The van der Waals surface area contributed by atoms with Crippen LogP contribution in [0, 0.1) is 11.7 Å². The quantitative estimate of drug-likeness (QED) is 0.779. The standard InChI is InChI=1S/C18H21FN2/c19-15-8-4-7-14-17-11-20-12-21(17)16(18(14)15)10-9-13-5-2-1-3-6-13/h4,7-8,11-13,16H,1-3,5-6,9-10H2. The number of imidazole rings is 1. The van der Waals surface area contributed by atoms with Crippen molar-refractivity contribution in [2.75, 3.05) is 0 Å². The second-order valence-corrected chi connectivity index (χ2v) is 6.48. The molecule has 2 heterocycles. The van der Waals surface area contributed by atoms with E-state index < -0.39 is 0 Å². The number of nitrogens with zero attached hydrogens (tertiary/aromatic N) is 2. The van der Waals surface area contributed by atoms with E-state index in [4.69, 9.17) is 0 Å². The molecule has 0 spiro atoms. The predicted molar refractivity (Wildman–Crippen MR) is 81.6 cm³/mol.